The molecule has 0 amide bonds. The van der Waals surface area contributed by atoms with Crippen molar-refractivity contribution >= 4 is 17.3 Å². The van der Waals surface area contributed by atoms with E-state index < -0.39 is 0 Å². The molecule has 106 valence electrons. The predicted molar refractivity (Wildman–Crippen MR) is 83.9 cm³/mol. The highest BCUT2D eigenvalue weighted by molar-refractivity contribution is 6.30. The smallest absolute Gasteiger partial charge is 0.132 e. The number of benzene rings is 2. The van der Waals surface area contributed by atoms with Crippen LogP contribution >= 0.6 is 11.6 Å². The summed E-state index contributed by atoms with van der Waals surface area (Å²) in [5.41, 5.74) is 1.56. The number of nitrogens with one attached hydrogen (secondary N) is 1. The van der Waals surface area contributed by atoms with Crippen LogP contribution in [-0.2, 0) is 0 Å². The first kappa shape index (κ1) is 13.8. The van der Waals surface area contributed by atoms with Crippen LogP contribution in [0.25, 0.3) is 0 Å². The van der Waals surface area contributed by atoms with Crippen molar-refractivity contribution in [3.63, 3.8) is 0 Å². The lowest BCUT2D eigenvalue weighted by Crippen LogP contribution is -2.18. The number of hydrogen-bond acceptors (Lipinski definition) is 3. The molecule has 1 saturated carbocycles. The van der Waals surface area contributed by atoms with E-state index in [4.69, 9.17) is 21.6 Å². The van der Waals surface area contributed by atoms with Crippen molar-refractivity contribution in [1.82, 2.24) is 0 Å². The van der Waals surface area contributed by atoms with Gasteiger partial charge in [0.2, 0.25) is 0 Å². The first-order valence-electron chi connectivity index (χ1n) is 6.84. The van der Waals surface area contributed by atoms with Crippen LogP contribution in [-0.4, -0.2) is 5.54 Å². The van der Waals surface area contributed by atoms with E-state index in [1.54, 1.807) is 12.1 Å². The predicted octanol–water partition coefficient (Wildman–Crippen LogP) is 4.91. The van der Waals surface area contributed by atoms with Crippen LogP contribution in [0.2, 0.25) is 5.02 Å². The number of ether oxygens (including phenoxy) is 1. The molecular formula is C17H15ClN2O. The normalized spacial score (nSPS) is 15.1. The molecule has 0 atom stereocenters. The summed E-state index contributed by atoms with van der Waals surface area (Å²) in [4.78, 5) is 0. The second-order valence-electron chi connectivity index (χ2n) is 5.36. The maximum Gasteiger partial charge on any atom is 0.132 e. The molecule has 4 heteroatoms. The monoisotopic (exact) mass is 298 g/mol. The Bertz CT molecular complexity index is 700. The zero-order valence-corrected chi connectivity index (χ0v) is 12.4. The third-order valence-electron chi connectivity index (χ3n) is 3.58. The average molecular weight is 299 g/mol. The van der Waals surface area contributed by atoms with E-state index in [9.17, 15) is 0 Å². The molecule has 1 aliphatic rings. The highest BCUT2D eigenvalue weighted by Crippen LogP contribution is 2.39. The van der Waals surface area contributed by atoms with Gasteiger partial charge in [-0.2, -0.15) is 5.26 Å². The number of aryl methyl sites for hydroxylation is 1. The summed E-state index contributed by atoms with van der Waals surface area (Å²) >= 11 is 5.87. The highest BCUT2D eigenvalue weighted by Gasteiger charge is 2.43. The van der Waals surface area contributed by atoms with Crippen LogP contribution in [0.1, 0.15) is 18.4 Å². The van der Waals surface area contributed by atoms with Gasteiger partial charge in [-0.1, -0.05) is 17.7 Å². The standard InChI is InChI=1S/C17H15ClN2O/c1-12-2-5-14(20-17(11-19)8-9-17)10-16(12)21-15-6-3-13(18)4-7-15/h2-7,10,20H,8-9H2,1H3. The molecule has 2 aromatic rings. The number of rotatable bonds is 4. The van der Waals surface area contributed by atoms with Crippen molar-refractivity contribution in [2.24, 2.45) is 0 Å². The maximum atomic E-state index is 9.15. The quantitative estimate of drug-likeness (QED) is 0.872. The number of hydrogen-bond donors (Lipinski definition) is 1. The van der Waals surface area contributed by atoms with Crippen molar-refractivity contribution < 1.29 is 4.74 Å². The average Bonchev–Trinajstić information content (AvgIpc) is 3.25. The minimum absolute atomic E-state index is 0.382. The molecule has 0 aliphatic heterocycles. The molecule has 1 N–H and O–H groups in total. The zero-order valence-electron chi connectivity index (χ0n) is 11.7. The fourth-order valence-electron chi connectivity index (χ4n) is 2.08. The molecule has 0 spiro atoms. The molecule has 0 unspecified atom stereocenters. The van der Waals surface area contributed by atoms with Gasteiger partial charge in [0.05, 0.1) is 6.07 Å². The lowest BCUT2D eigenvalue weighted by molar-refractivity contribution is 0.479. The second-order valence-corrected chi connectivity index (χ2v) is 5.79. The number of nitrogens with zero attached hydrogens (tertiary/aromatic N) is 1. The summed E-state index contributed by atoms with van der Waals surface area (Å²) in [6.07, 6.45) is 1.79. The van der Waals surface area contributed by atoms with Gasteiger partial charge in [-0.25, -0.2) is 0 Å². The zero-order chi connectivity index (χ0) is 14.9. The molecule has 21 heavy (non-hydrogen) atoms. The van der Waals surface area contributed by atoms with E-state index in [2.05, 4.69) is 11.4 Å². The van der Waals surface area contributed by atoms with Gasteiger partial charge in [-0.05, 0) is 55.7 Å². The summed E-state index contributed by atoms with van der Waals surface area (Å²) in [6.45, 7) is 1.99. The third-order valence-corrected chi connectivity index (χ3v) is 3.83. The van der Waals surface area contributed by atoms with E-state index in [0.717, 1.165) is 35.6 Å². The Labute approximate surface area is 129 Å². The van der Waals surface area contributed by atoms with Crippen LogP contribution in [0.15, 0.2) is 42.5 Å². The van der Waals surface area contributed by atoms with Gasteiger partial charge in [0.15, 0.2) is 0 Å². The van der Waals surface area contributed by atoms with Gasteiger partial charge >= 0.3 is 0 Å². The molecule has 1 aliphatic carbocycles. The van der Waals surface area contributed by atoms with E-state index >= 15 is 0 Å². The van der Waals surface area contributed by atoms with E-state index in [1.165, 1.54) is 0 Å². The molecule has 0 bridgehead atoms. The minimum Gasteiger partial charge on any atom is -0.457 e. The lowest BCUT2D eigenvalue weighted by Gasteiger charge is -2.14. The fourth-order valence-corrected chi connectivity index (χ4v) is 2.21. The van der Waals surface area contributed by atoms with Crippen molar-refractivity contribution in [2.45, 2.75) is 25.3 Å². The van der Waals surface area contributed by atoms with E-state index in [0.29, 0.717) is 5.02 Å². The molecule has 0 heterocycles. The van der Waals surface area contributed by atoms with Crippen LogP contribution in [0.5, 0.6) is 11.5 Å². The maximum absolute atomic E-state index is 9.15. The summed E-state index contributed by atoms with van der Waals surface area (Å²) in [5, 5.41) is 13.1. The van der Waals surface area contributed by atoms with Crippen LogP contribution < -0.4 is 10.1 Å². The SMILES string of the molecule is Cc1ccc(NC2(C#N)CC2)cc1Oc1ccc(Cl)cc1. The minimum atomic E-state index is -0.382. The van der Waals surface area contributed by atoms with Crippen molar-refractivity contribution in [3.05, 3.63) is 53.1 Å². The molecule has 0 aromatic heterocycles. The van der Waals surface area contributed by atoms with Crippen molar-refractivity contribution in [1.29, 1.82) is 5.26 Å². The lowest BCUT2D eigenvalue weighted by atomic mass is 10.2. The summed E-state index contributed by atoms with van der Waals surface area (Å²) in [7, 11) is 0. The van der Waals surface area contributed by atoms with Gasteiger partial charge in [0.1, 0.15) is 17.0 Å². The second kappa shape index (κ2) is 5.31. The fraction of sp³-hybridized carbons (Fsp3) is 0.235. The Hall–Kier alpha value is -2.18. The number of halogens is 1. The van der Waals surface area contributed by atoms with Gasteiger partial charge in [-0.15, -0.1) is 0 Å². The summed E-state index contributed by atoms with van der Waals surface area (Å²) in [5.74, 6) is 1.51. The Kier molecular flexibility index (Phi) is 3.48. The molecule has 3 rings (SSSR count). The number of nitriles is 1. The van der Waals surface area contributed by atoms with Crippen molar-refractivity contribution in [2.75, 3.05) is 5.32 Å². The van der Waals surface area contributed by atoms with Gasteiger partial charge < -0.3 is 10.1 Å². The summed E-state index contributed by atoms with van der Waals surface area (Å²) < 4.78 is 5.89. The molecule has 1 fully saturated rings. The Morgan fingerprint density at radius 1 is 1.19 bits per heavy atom. The van der Waals surface area contributed by atoms with E-state index in [-0.39, 0.29) is 5.54 Å². The van der Waals surface area contributed by atoms with Crippen LogP contribution in [0.4, 0.5) is 5.69 Å². The van der Waals surface area contributed by atoms with Gasteiger partial charge in [-0.3, -0.25) is 0 Å². The molecule has 0 saturated heterocycles. The Morgan fingerprint density at radius 3 is 2.52 bits per heavy atom. The van der Waals surface area contributed by atoms with Crippen LogP contribution in [0.3, 0.4) is 0 Å². The van der Waals surface area contributed by atoms with Gasteiger partial charge in [0, 0.05) is 16.8 Å². The van der Waals surface area contributed by atoms with Crippen LogP contribution in [0, 0.1) is 18.3 Å². The molecule has 2 aromatic carbocycles. The highest BCUT2D eigenvalue weighted by atomic mass is 35.5. The number of anilines is 1. The largest absolute Gasteiger partial charge is 0.457 e. The topological polar surface area (TPSA) is 45.0 Å². The van der Waals surface area contributed by atoms with E-state index in [1.807, 2.05) is 37.3 Å². The third kappa shape index (κ3) is 3.12. The summed E-state index contributed by atoms with van der Waals surface area (Å²) in [6, 6.07) is 15.5. The molecule has 0 radical (unpaired) electrons. The van der Waals surface area contributed by atoms with Crippen molar-refractivity contribution in [3.8, 4) is 17.6 Å². The first-order valence-corrected chi connectivity index (χ1v) is 7.22. The Balaban J connectivity index is 1.81. The Morgan fingerprint density at radius 2 is 1.90 bits per heavy atom. The van der Waals surface area contributed by atoms with Gasteiger partial charge in [0.25, 0.3) is 0 Å². The molecule has 3 nitrogen and oxygen atoms in total. The molecular weight excluding hydrogens is 284 g/mol. The first-order chi connectivity index (χ1) is 10.1.